The normalized spacial score (nSPS) is 14.1. The highest BCUT2D eigenvalue weighted by Crippen LogP contribution is 2.16. The number of hydrogen-bond acceptors (Lipinski definition) is 2. The lowest BCUT2D eigenvalue weighted by atomic mass is 9.96. The fourth-order valence-corrected chi connectivity index (χ4v) is 2.84. The van der Waals surface area contributed by atoms with Crippen LogP contribution in [0.4, 0.5) is 0 Å². The van der Waals surface area contributed by atoms with Crippen molar-refractivity contribution in [3.8, 4) is 0 Å². The van der Waals surface area contributed by atoms with Crippen LogP contribution in [-0.2, 0) is 9.59 Å². The molecule has 0 aliphatic rings. The van der Waals surface area contributed by atoms with Crippen molar-refractivity contribution < 1.29 is 9.59 Å². The fraction of sp³-hybridized carbons (Fsp3) is 0.900. The third-order valence-corrected chi connectivity index (χ3v) is 4.30. The molecule has 0 aromatic carbocycles. The van der Waals surface area contributed by atoms with Gasteiger partial charge in [0.25, 0.3) is 0 Å². The number of hydrogen-bond donors (Lipinski definition) is 1. The van der Waals surface area contributed by atoms with Crippen LogP contribution in [0.25, 0.3) is 0 Å². The van der Waals surface area contributed by atoms with E-state index < -0.39 is 0 Å². The molecule has 0 aliphatic heterocycles. The van der Waals surface area contributed by atoms with Crippen LogP contribution < -0.4 is 5.32 Å². The fourth-order valence-electron chi connectivity index (χ4n) is 2.84. The van der Waals surface area contributed by atoms with Crippen LogP contribution in [0.5, 0.6) is 0 Å². The van der Waals surface area contributed by atoms with Crippen LogP contribution in [0.2, 0.25) is 0 Å². The van der Waals surface area contributed by atoms with Gasteiger partial charge in [0, 0.05) is 12.8 Å². The van der Waals surface area contributed by atoms with Gasteiger partial charge in [-0.3, -0.25) is 14.9 Å². The third-order valence-electron chi connectivity index (χ3n) is 4.30. The average Bonchev–Trinajstić information content (AvgIpc) is 2.36. The van der Waals surface area contributed by atoms with Gasteiger partial charge < -0.3 is 0 Å². The molecule has 23 heavy (non-hydrogen) atoms. The zero-order chi connectivity index (χ0) is 17.8. The van der Waals surface area contributed by atoms with Crippen molar-refractivity contribution in [3.63, 3.8) is 0 Å². The van der Waals surface area contributed by atoms with Gasteiger partial charge in [0.15, 0.2) is 0 Å². The van der Waals surface area contributed by atoms with E-state index in [0.717, 1.165) is 37.5 Å². The second-order valence-electron chi connectivity index (χ2n) is 8.24. The SMILES string of the molecule is CC(C)CCCC(C)CC(=O)NC(=O)CC(C)CCCC(C)C. The van der Waals surface area contributed by atoms with E-state index in [4.69, 9.17) is 0 Å². The molecule has 0 rings (SSSR count). The molecule has 1 N–H and O–H groups in total. The molecule has 136 valence electrons. The Morgan fingerprint density at radius 3 is 1.30 bits per heavy atom. The van der Waals surface area contributed by atoms with E-state index >= 15 is 0 Å². The Morgan fingerprint density at radius 1 is 0.652 bits per heavy atom. The van der Waals surface area contributed by atoms with Gasteiger partial charge in [-0.15, -0.1) is 0 Å². The smallest absolute Gasteiger partial charge is 0.226 e. The molecule has 0 fully saturated rings. The molecule has 0 aromatic rings. The lowest BCUT2D eigenvalue weighted by Crippen LogP contribution is -2.32. The summed E-state index contributed by atoms with van der Waals surface area (Å²) < 4.78 is 0. The van der Waals surface area contributed by atoms with E-state index in [2.05, 4.69) is 46.9 Å². The van der Waals surface area contributed by atoms with Gasteiger partial charge in [-0.25, -0.2) is 0 Å². The van der Waals surface area contributed by atoms with E-state index in [1.807, 2.05) is 0 Å². The highest BCUT2D eigenvalue weighted by Gasteiger charge is 2.14. The lowest BCUT2D eigenvalue weighted by Gasteiger charge is -2.14. The summed E-state index contributed by atoms with van der Waals surface area (Å²) in [6, 6.07) is 0. The Hall–Kier alpha value is -0.860. The Labute approximate surface area is 144 Å². The first-order valence-electron chi connectivity index (χ1n) is 9.53. The maximum Gasteiger partial charge on any atom is 0.226 e. The van der Waals surface area contributed by atoms with Crippen molar-refractivity contribution in [3.05, 3.63) is 0 Å². The van der Waals surface area contributed by atoms with Gasteiger partial charge in [-0.05, 0) is 23.7 Å². The van der Waals surface area contributed by atoms with Crippen molar-refractivity contribution in [2.45, 2.75) is 92.9 Å². The maximum atomic E-state index is 11.9. The average molecular weight is 326 g/mol. The summed E-state index contributed by atoms with van der Waals surface area (Å²) in [5.74, 6) is 1.92. The molecule has 0 spiro atoms. The molecule has 3 heteroatoms. The van der Waals surface area contributed by atoms with E-state index in [9.17, 15) is 9.59 Å². The first-order valence-corrected chi connectivity index (χ1v) is 9.53. The van der Waals surface area contributed by atoms with Gasteiger partial charge in [0.1, 0.15) is 0 Å². The molecule has 0 heterocycles. The quantitative estimate of drug-likeness (QED) is 0.527. The van der Waals surface area contributed by atoms with E-state index in [0.29, 0.717) is 24.7 Å². The number of rotatable bonds is 12. The van der Waals surface area contributed by atoms with Crippen LogP contribution in [0, 0.1) is 23.7 Å². The summed E-state index contributed by atoms with van der Waals surface area (Å²) in [6.07, 6.45) is 7.78. The largest absolute Gasteiger partial charge is 0.296 e. The second kappa shape index (κ2) is 12.5. The minimum absolute atomic E-state index is 0.110. The number of nitrogens with one attached hydrogen (secondary N) is 1. The van der Waals surface area contributed by atoms with Gasteiger partial charge in [0.2, 0.25) is 11.8 Å². The van der Waals surface area contributed by atoms with E-state index in [-0.39, 0.29) is 11.8 Å². The van der Waals surface area contributed by atoms with E-state index in [1.165, 1.54) is 12.8 Å². The Morgan fingerprint density at radius 2 is 1.00 bits per heavy atom. The lowest BCUT2D eigenvalue weighted by molar-refractivity contribution is -0.131. The van der Waals surface area contributed by atoms with Crippen molar-refractivity contribution in [1.29, 1.82) is 0 Å². The summed E-state index contributed by atoms with van der Waals surface area (Å²) in [7, 11) is 0. The summed E-state index contributed by atoms with van der Waals surface area (Å²) in [5, 5.41) is 2.56. The predicted molar refractivity (Wildman–Crippen MR) is 98.1 cm³/mol. The number of amides is 2. The Balaban J connectivity index is 3.85. The third kappa shape index (κ3) is 14.5. The van der Waals surface area contributed by atoms with Crippen LogP contribution in [-0.4, -0.2) is 11.8 Å². The van der Waals surface area contributed by atoms with E-state index in [1.54, 1.807) is 0 Å². The maximum absolute atomic E-state index is 11.9. The molecular formula is C20H39NO2. The van der Waals surface area contributed by atoms with Crippen LogP contribution in [0.15, 0.2) is 0 Å². The van der Waals surface area contributed by atoms with Crippen LogP contribution >= 0.6 is 0 Å². The van der Waals surface area contributed by atoms with Gasteiger partial charge in [-0.2, -0.15) is 0 Å². The topological polar surface area (TPSA) is 46.2 Å². The predicted octanol–water partition coefficient (Wildman–Crippen LogP) is 5.33. The molecule has 2 amide bonds. The molecule has 3 nitrogen and oxygen atoms in total. The second-order valence-corrected chi connectivity index (χ2v) is 8.24. The molecule has 2 atom stereocenters. The summed E-state index contributed by atoms with van der Waals surface area (Å²) >= 11 is 0. The van der Waals surface area contributed by atoms with Crippen molar-refractivity contribution in [1.82, 2.24) is 5.32 Å². The highest BCUT2D eigenvalue weighted by atomic mass is 16.2. The first-order chi connectivity index (χ1) is 10.7. The van der Waals surface area contributed by atoms with Gasteiger partial charge in [0.05, 0.1) is 0 Å². The minimum Gasteiger partial charge on any atom is -0.296 e. The molecule has 0 bridgehead atoms. The van der Waals surface area contributed by atoms with Gasteiger partial charge in [-0.1, -0.05) is 80.1 Å². The number of carbonyl (C=O) groups is 2. The summed E-state index contributed by atoms with van der Waals surface area (Å²) in [6.45, 7) is 13.1. The molecule has 0 radical (unpaired) electrons. The zero-order valence-electron chi connectivity index (χ0n) is 16.3. The van der Waals surface area contributed by atoms with Crippen molar-refractivity contribution >= 4 is 11.8 Å². The first kappa shape index (κ1) is 22.1. The summed E-state index contributed by atoms with van der Waals surface area (Å²) in [5.41, 5.74) is 0. The van der Waals surface area contributed by atoms with Crippen molar-refractivity contribution in [2.24, 2.45) is 23.7 Å². The molecular weight excluding hydrogens is 286 g/mol. The summed E-state index contributed by atoms with van der Waals surface area (Å²) in [4.78, 5) is 23.8. The molecule has 2 unspecified atom stereocenters. The Kier molecular flexibility index (Phi) is 12.1. The molecule has 0 aromatic heterocycles. The van der Waals surface area contributed by atoms with Gasteiger partial charge >= 0.3 is 0 Å². The monoisotopic (exact) mass is 325 g/mol. The standard InChI is InChI=1S/C20H39NO2/c1-15(2)9-7-11-17(5)13-19(22)21-20(23)14-18(6)12-8-10-16(3)4/h15-18H,7-14H2,1-6H3,(H,21,22,23). The van der Waals surface area contributed by atoms with Crippen LogP contribution in [0.1, 0.15) is 92.9 Å². The Bertz CT molecular complexity index is 305. The zero-order valence-corrected chi connectivity index (χ0v) is 16.3. The molecule has 0 saturated heterocycles. The van der Waals surface area contributed by atoms with Crippen LogP contribution in [0.3, 0.4) is 0 Å². The minimum atomic E-state index is -0.110. The van der Waals surface area contributed by atoms with Crippen molar-refractivity contribution in [2.75, 3.05) is 0 Å². The number of carbonyl (C=O) groups excluding carboxylic acids is 2. The molecule has 0 saturated carbocycles. The molecule has 0 aliphatic carbocycles. The highest BCUT2D eigenvalue weighted by molar-refractivity contribution is 5.95. The number of imide groups is 1.